The van der Waals surface area contributed by atoms with E-state index in [9.17, 15) is 4.79 Å². The highest BCUT2D eigenvalue weighted by molar-refractivity contribution is 7.12. The second-order valence-corrected chi connectivity index (χ2v) is 5.73. The van der Waals surface area contributed by atoms with E-state index in [1.807, 2.05) is 11.3 Å². The Balaban J connectivity index is 1.59. The first-order chi connectivity index (χ1) is 7.33. The van der Waals surface area contributed by atoms with Crippen molar-refractivity contribution in [3.63, 3.8) is 0 Å². The topological polar surface area (TPSA) is 29.1 Å². The number of nitrogens with one attached hydrogen (secondary N) is 1. The summed E-state index contributed by atoms with van der Waals surface area (Å²) in [6.07, 6.45) is 5.98. The zero-order valence-corrected chi connectivity index (χ0v) is 9.53. The van der Waals surface area contributed by atoms with Crippen molar-refractivity contribution < 1.29 is 4.79 Å². The zero-order valence-electron chi connectivity index (χ0n) is 8.71. The maximum absolute atomic E-state index is 11.4. The van der Waals surface area contributed by atoms with E-state index in [2.05, 4.69) is 11.4 Å². The van der Waals surface area contributed by atoms with E-state index in [1.165, 1.54) is 29.7 Å². The number of aryl methyl sites for hydroxylation is 2. The number of hydrogen-bond acceptors (Lipinski definition) is 2. The number of thiophene rings is 1. The molecule has 2 nitrogen and oxygen atoms in total. The highest BCUT2D eigenvalue weighted by Crippen LogP contribution is 2.31. The van der Waals surface area contributed by atoms with Crippen LogP contribution in [-0.4, -0.2) is 5.91 Å². The van der Waals surface area contributed by atoms with Crippen molar-refractivity contribution in [1.29, 1.82) is 0 Å². The van der Waals surface area contributed by atoms with Crippen LogP contribution in [0.5, 0.6) is 0 Å². The number of carbonyl (C=O) groups is 1. The van der Waals surface area contributed by atoms with Gasteiger partial charge in [-0.05, 0) is 43.7 Å². The molecule has 1 N–H and O–H groups in total. The maximum atomic E-state index is 11.4. The zero-order chi connectivity index (χ0) is 10.3. The molecular formula is C12H15NOS. The van der Waals surface area contributed by atoms with Gasteiger partial charge in [-0.3, -0.25) is 4.79 Å². The van der Waals surface area contributed by atoms with Crippen LogP contribution in [0.3, 0.4) is 0 Å². The smallest absolute Gasteiger partial charge is 0.223 e. The van der Waals surface area contributed by atoms with Crippen molar-refractivity contribution in [2.24, 2.45) is 5.92 Å². The van der Waals surface area contributed by atoms with Crippen molar-refractivity contribution in [1.82, 2.24) is 5.32 Å². The van der Waals surface area contributed by atoms with Gasteiger partial charge in [0.1, 0.15) is 0 Å². The van der Waals surface area contributed by atoms with E-state index in [0.717, 1.165) is 19.4 Å². The summed E-state index contributed by atoms with van der Waals surface area (Å²) in [5, 5.41) is 3.02. The Morgan fingerprint density at radius 1 is 1.47 bits per heavy atom. The lowest BCUT2D eigenvalue weighted by Gasteiger charge is -2.01. The minimum Gasteiger partial charge on any atom is -0.351 e. The monoisotopic (exact) mass is 221 g/mol. The first kappa shape index (κ1) is 9.40. The standard InChI is InChI=1S/C12H15NOS/c14-12(8-4-5-8)13-7-10-6-9-2-1-3-11(9)15-10/h6,8H,1-5,7H2,(H,13,14). The highest BCUT2D eigenvalue weighted by Gasteiger charge is 2.29. The van der Waals surface area contributed by atoms with Gasteiger partial charge < -0.3 is 5.32 Å². The van der Waals surface area contributed by atoms with Crippen molar-refractivity contribution in [2.45, 2.75) is 38.6 Å². The molecule has 1 aromatic heterocycles. The van der Waals surface area contributed by atoms with E-state index in [4.69, 9.17) is 0 Å². The van der Waals surface area contributed by atoms with Crippen molar-refractivity contribution in [2.75, 3.05) is 0 Å². The molecule has 3 rings (SSSR count). The van der Waals surface area contributed by atoms with Gasteiger partial charge in [-0.25, -0.2) is 0 Å². The summed E-state index contributed by atoms with van der Waals surface area (Å²) < 4.78 is 0. The second kappa shape index (κ2) is 3.63. The van der Waals surface area contributed by atoms with E-state index < -0.39 is 0 Å². The Bertz CT molecular complexity index is 371. The van der Waals surface area contributed by atoms with Crippen LogP contribution in [-0.2, 0) is 24.2 Å². The van der Waals surface area contributed by atoms with Gasteiger partial charge in [0, 0.05) is 15.7 Å². The van der Waals surface area contributed by atoms with Gasteiger partial charge in [0.05, 0.1) is 6.54 Å². The number of rotatable bonds is 3. The van der Waals surface area contributed by atoms with Crippen molar-refractivity contribution in [3.8, 4) is 0 Å². The summed E-state index contributed by atoms with van der Waals surface area (Å²) in [5.74, 6) is 0.584. The number of amides is 1. The molecule has 1 amide bonds. The van der Waals surface area contributed by atoms with Crippen LogP contribution in [0.25, 0.3) is 0 Å². The van der Waals surface area contributed by atoms with Gasteiger partial charge in [0.25, 0.3) is 0 Å². The van der Waals surface area contributed by atoms with Gasteiger partial charge in [-0.15, -0.1) is 11.3 Å². The minimum atomic E-state index is 0.253. The quantitative estimate of drug-likeness (QED) is 0.833. The molecule has 0 aromatic carbocycles. The first-order valence-corrected chi connectivity index (χ1v) is 6.53. The lowest BCUT2D eigenvalue weighted by Crippen LogP contribution is -2.23. The maximum Gasteiger partial charge on any atom is 0.223 e. The number of carbonyl (C=O) groups excluding carboxylic acids is 1. The molecule has 2 aliphatic carbocycles. The molecule has 0 atom stereocenters. The Hall–Kier alpha value is -0.830. The molecule has 1 saturated carbocycles. The van der Waals surface area contributed by atoms with E-state index in [0.29, 0.717) is 5.92 Å². The fourth-order valence-corrected chi connectivity index (χ4v) is 3.34. The van der Waals surface area contributed by atoms with E-state index in [-0.39, 0.29) is 5.91 Å². The molecule has 0 unspecified atom stereocenters. The SMILES string of the molecule is O=C(NCc1cc2c(s1)CCC2)C1CC1. The predicted octanol–water partition coefficient (Wildman–Crippen LogP) is 2.26. The molecule has 0 aliphatic heterocycles. The summed E-state index contributed by atoms with van der Waals surface area (Å²) in [4.78, 5) is 14.3. The lowest BCUT2D eigenvalue weighted by molar-refractivity contribution is -0.122. The number of fused-ring (bicyclic) bond motifs is 1. The number of hydrogen-bond donors (Lipinski definition) is 1. The molecular weight excluding hydrogens is 206 g/mol. The Labute approximate surface area is 93.7 Å². The molecule has 1 aromatic rings. The molecule has 0 saturated heterocycles. The average molecular weight is 221 g/mol. The third-order valence-corrected chi connectivity index (χ3v) is 4.42. The Morgan fingerprint density at radius 3 is 3.07 bits per heavy atom. The second-order valence-electron chi connectivity index (χ2n) is 4.51. The Kier molecular flexibility index (Phi) is 2.28. The van der Waals surface area contributed by atoms with Crippen LogP contribution >= 0.6 is 11.3 Å². The first-order valence-electron chi connectivity index (χ1n) is 5.71. The van der Waals surface area contributed by atoms with Crippen LogP contribution < -0.4 is 5.32 Å². The normalized spacial score (nSPS) is 18.9. The predicted molar refractivity (Wildman–Crippen MR) is 60.9 cm³/mol. The molecule has 0 spiro atoms. The fraction of sp³-hybridized carbons (Fsp3) is 0.583. The van der Waals surface area contributed by atoms with Crippen LogP contribution in [0.1, 0.15) is 34.6 Å². The molecule has 0 bridgehead atoms. The van der Waals surface area contributed by atoms with Gasteiger partial charge in [-0.1, -0.05) is 0 Å². The summed E-state index contributed by atoms with van der Waals surface area (Å²) in [6, 6.07) is 2.28. The third-order valence-electron chi connectivity index (χ3n) is 3.18. The van der Waals surface area contributed by atoms with E-state index >= 15 is 0 Å². The highest BCUT2D eigenvalue weighted by atomic mass is 32.1. The third kappa shape index (κ3) is 1.93. The molecule has 80 valence electrons. The lowest BCUT2D eigenvalue weighted by atomic mass is 10.2. The van der Waals surface area contributed by atoms with Crippen molar-refractivity contribution in [3.05, 3.63) is 21.4 Å². The van der Waals surface area contributed by atoms with Gasteiger partial charge in [0.2, 0.25) is 5.91 Å². The molecule has 1 heterocycles. The molecule has 1 fully saturated rings. The fourth-order valence-electron chi connectivity index (χ4n) is 2.14. The van der Waals surface area contributed by atoms with Gasteiger partial charge >= 0.3 is 0 Å². The van der Waals surface area contributed by atoms with Crippen LogP contribution in [0, 0.1) is 5.92 Å². The van der Waals surface area contributed by atoms with Crippen molar-refractivity contribution >= 4 is 17.2 Å². The molecule has 0 radical (unpaired) electrons. The Morgan fingerprint density at radius 2 is 2.33 bits per heavy atom. The van der Waals surface area contributed by atoms with Gasteiger partial charge in [-0.2, -0.15) is 0 Å². The summed E-state index contributed by atoms with van der Waals surface area (Å²) in [5.41, 5.74) is 1.52. The summed E-state index contributed by atoms with van der Waals surface area (Å²) in [6.45, 7) is 0.743. The molecule has 2 aliphatic rings. The van der Waals surface area contributed by atoms with Crippen LogP contribution in [0.2, 0.25) is 0 Å². The van der Waals surface area contributed by atoms with Crippen LogP contribution in [0.4, 0.5) is 0 Å². The van der Waals surface area contributed by atoms with Gasteiger partial charge in [0.15, 0.2) is 0 Å². The van der Waals surface area contributed by atoms with Crippen LogP contribution in [0.15, 0.2) is 6.07 Å². The average Bonchev–Trinajstić information content (AvgIpc) is 2.86. The largest absolute Gasteiger partial charge is 0.351 e. The molecule has 15 heavy (non-hydrogen) atoms. The van der Waals surface area contributed by atoms with E-state index in [1.54, 1.807) is 4.88 Å². The minimum absolute atomic E-state index is 0.253. The summed E-state index contributed by atoms with van der Waals surface area (Å²) in [7, 11) is 0. The summed E-state index contributed by atoms with van der Waals surface area (Å²) >= 11 is 1.88. The molecule has 3 heteroatoms.